The largest absolute Gasteiger partial charge is 0.455 e. The summed E-state index contributed by atoms with van der Waals surface area (Å²) in [5, 5.41) is 24.0. The van der Waals surface area contributed by atoms with E-state index in [0.717, 1.165) is 201 Å². The number of fused-ring (bicyclic) bond motifs is 12. The number of rotatable bonds is 18. The summed E-state index contributed by atoms with van der Waals surface area (Å²) in [6.45, 7) is 23.4. The van der Waals surface area contributed by atoms with Crippen LogP contribution in [0.5, 0.6) is 0 Å². The highest BCUT2D eigenvalue weighted by Crippen LogP contribution is 2.57. The van der Waals surface area contributed by atoms with Gasteiger partial charge in [-0.25, -0.2) is 0 Å². The Hall–Kier alpha value is -18.2. The molecule has 0 radical (unpaired) electrons. The van der Waals surface area contributed by atoms with Gasteiger partial charge in [-0.2, -0.15) is 0 Å². The fourth-order valence-electron chi connectivity index (χ4n) is 24.1. The van der Waals surface area contributed by atoms with Crippen molar-refractivity contribution >= 4 is 221 Å². The van der Waals surface area contributed by atoms with E-state index >= 15 is 0 Å². The van der Waals surface area contributed by atoms with Gasteiger partial charge in [0, 0.05) is 132 Å². The Kier molecular flexibility index (Phi) is 21.6. The molecule has 0 aliphatic carbocycles. The summed E-state index contributed by atoms with van der Waals surface area (Å²) < 4.78 is 26.5. The molecule has 0 unspecified atom stereocenters. The lowest BCUT2D eigenvalue weighted by Crippen LogP contribution is -2.17. The first-order valence-electron chi connectivity index (χ1n) is 52.4. The molecular formula is C142H108N4O4. The van der Waals surface area contributed by atoms with E-state index in [4.69, 9.17) is 17.7 Å². The summed E-state index contributed by atoms with van der Waals surface area (Å²) >= 11 is 0. The summed E-state index contributed by atoms with van der Waals surface area (Å²) in [5.41, 5.74) is 33.8. The van der Waals surface area contributed by atoms with E-state index < -0.39 is 0 Å². The molecule has 0 aliphatic rings. The zero-order valence-corrected chi connectivity index (χ0v) is 85.5. The molecule has 28 rings (SSSR count). The van der Waals surface area contributed by atoms with Crippen molar-refractivity contribution in [3.63, 3.8) is 0 Å². The Bertz CT molecular complexity index is 9580. The molecule has 4 aromatic heterocycles. The Labute approximate surface area is 871 Å². The van der Waals surface area contributed by atoms with Crippen molar-refractivity contribution in [3.8, 4) is 44.5 Å². The van der Waals surface area contributed by atoms with Crippen molar-refractivity contribution in [3.05, 3.63) is 483 Å². The summed E-state index contributed by atoms with van der Waals surface area (Å²) in [4.78, 5) is 9.88. The molecule has 24 aromatic carbocycles. The van der Waals surface area contributed by atoms with E-state index in [0.29, 0.717) is 0 Å². The molecule has 720 valence electrons. The van der Waals surface area contributed by atoms with Gasteiger partial charge in [0.05, 0.1) is 22.7 Å². The van der Waals surface area contributed by atoms with Crippen LogP contribution in [0.3, 0.4) is 0 Å². The van der Waals surface area contributed by atoms with Crippen molar-refractivity contribution in [1.29, 1.82) is 0 Å². The second kappa shape index (κ2) is 35.9. The number of furan rings is 4. The lowest BCUT2D eigenvalue weighted by Gasteiger charge is -2.34. The van der Waals surface area contributed by atoms with E-state index in [1.165, 1.54) is 86.9 Å². The number of hydrogen-bond acceptors (Lipinski definition) is 8. The standard InChI is InChI=1S/C72H56N2O2.C70H52N2O2/c1-71(2,3)61-43-63(73(47-23-9-7-10-24-47)49-27-17-21-45(41-49)51-31-19-33-55-53-29-13-15-35-65(53)75-69(51)55)59-40-38-58-62(72(4,5)6)44-64(60-39-37-57(61)67(59)68(58)60)74(48-25-11-8-12-26-48)50-28-18-22-46(42-50)52-32-20-34-56-54-30-14-16-36-66(54)76-70(52)56;1-43(2)61-41-63(71(47-21-7-5-8-22-47)49-25-15-19-45(39-49)51-29-17-31-57-53-27-11-13-33-65(53)73-69(51)57)59-38-36-56-62(44(3)4)42-64(60-37-35-55(61)67(59)68(56)60)72(48-23-9-6-10-24-48)50-26-16-20-46(40-50)52-30-18-32-58-54-28-12-14-34-66(54)74-70(52)58/h7-44H,1-6H3;5-44H,1-4H3. The monoisotopic (exact) mass is 1930 g/mol. The lowest BCUT2D eigenvalue weighted by molar-refractivity contribution is 0.595. The van der Waals surface area contributed by atoms with Gasteiger partial charge < -0.3 is 37.3 Å². The van der Waals surface area contributed by atoms with Crippen LogP contribution in [0.4, 0.5) is 68.2 Å². The minimum Gasteiger partial charge on any atom is -0.455 e. The average molecular weight is 1930 g/mol. The minimum absolute atomic E-state index is 0.201. The molecular weight excluding hydrogens is 1830 g/mol. The van der Waals surface area contributed by atoms with Crippen molar-refractivity contribution < 1.29 is 17.7 Å². The molecule has 0 saturated carbocycles. The van der Waals surface area contributed by atoms with Gasteiger partial charge in [0.15, 0.2) is 0 Å². The molecule has 8 nitrogen and oxygen atoms in total. The van der Waals surface area contributed by atoms with E-state index in [-0.39, 0.29) is 22.7 Å². The second-order valence-corrected chi connectivity index (χ2v) is 42.8. The highest BCUT2D eigenvalue weighted by atomic mass is 16.3. The lowest BCUT2D eigenvalue weighted by atomic mass is 9.77. The third kappa shape index (κ3) is 15.1. The fourth-order valence-corrected chi connectivity index (χ4v) is 24.1. The van der Waals surface area contributed by atoms with Crippen molar-refractivity contribution in [1.82, 2.24) is 0 Å². The Morgan fingerprint density at radius 2 is 0.380 bits per heavy atom. The molecule has 0 amide bonds. The van der Waals surface area contributed by atoms with Gasteiger partial charge in [-0.05, 0) is 256 Å². The fraction of sp³-hybridized carbons (Fsp3) is 0.0986. The smallest absolute Gasteiger partial charge is 0.143 e. The third-order valence-corrected chi connectivity index (χ3v) is 30.9. The summed E-state index contributed by atoms with van der Waals surface area (Å²) in [7, 11) is 0. The van der Waals surface area contributed by atoms with Crippen LogP contribution in [0.15, 0.2) is 479 Å². The first kappa shape index (κ1) is 90.5. The SMILES string of the molecule is CC(C)(C)c1cc(N(c2ccccc2)c2cccc(-c3cccc4c3oc3ccccc34)c2)c2ccc3c(C(C)(C)C)cc(N(c4ccccc4)c4cccc(-c5cccc6c5oc5ccccc56)c4)c4ccc1c2c43.CC(C)c1cc(N(c2ccccc2)c2cccc(-c3cccc4c3oc3ccccc34)c2)c2ccc3c(C(C)C)cc(N(c4ccccc4)c4cccc(-c5cccc6c5oc5ccccc56)c4)c4ccc1c2c34. The quantitative estimate of drug-likeness (QED) is 0.0788. The highest BCUT2D eigenvalue weighted by molar-refractivity contribution is 6.32. The molecule has 0 bridgehead atoms. The van der Waals surface area contributed by atoms with Crippen LogP contribution in [-0.4, -0.2) is 0 Å². The Morgan fingerprint density at radius 3 is 0.633 bits per heavy atom. The van der Waals surface area contributed by atoms with Crippen LogP contribution in [0.1, 0.15) is 103 Å². The van der Waals surface area contributed by atoms with Gasteiger partial charge in [-0.3, -0.25) is 0 Å². The predicted molar refractivity (Wildman–Crippen MR) is 635 cm³/mol. The first-order chi connectivity index (χ1) is 73.3. The van der Waals surface area contributed by atoms with Gasteiger partial charge >= 0.3 is 0 Å². The maximum Gasteiger partial charge on any atom is 0.143 e. The molecule has 28 aromatic rings. The number of benzene rings is 24. The Balaban J connectivity index is 0.000000148. The summed E-state index contributed by atoms with van der Waals surface area (Å²) in [5.74, 6) is 0.494. The first-order valence-corrected chi connectivity index (χ1v) is 52.4. The zero-order chi connectivity index (χ0) is 101. The van der Waals surface area contributed by atoms with Crippen LogP contribution in [0.25, 0.3) is 197 Å². The second-order valence-electron chi connectivity index (χ2n) is 42.8. The van der Waals surface area contributed by atoms with Crippen LogP contribution in [0, 0.1) is 0 Å². The molecule has 8 heteroatoms. The molecule has 0 aliphatic heterocycles. The molecule has 0 spiro atoms. The molecule has 150 heavy (non-hydrogen) atoms. The number of para-hydroxylation sites is 12. The van der Waals surface area contributed by atoms with Crippen LogP contribution in [-0.2, 0) is 10.8 Å². The van der Waals surface area contributed by atoms with E-state index in [1.807, 2.05) is 24.3 Å². The van der Waals surface area contributed by atoms with Crippen molar-refractivity contribution in [2.45, 2.75) is 91.9 Å². The highest BCUT2D eigenvalue weighted by Gasteiger charge is 2.34. The van der Waals surface area contributed by atoms with E-state index in [9.17, 15) is 0 Å². The number of nitrogens with zero attached hydrogens (tertiary/aromatic N) is 4. The van der Waals surface area contributed by atoms with Gasteiger partial charge in [0.25, 0.3) is 0 Å². The van der Waals surface area contributed by atoms with Gasteiger partial charge in [0.1, 0.15) is 44.7 Å². The summed E-state index contributed by atoms with van der Waals surface area (Å²) in [6.07, 6.45) is 0. The molecule has 4 heterocycles. The molecule has 0 atom stereocenters. The molecule has 0 saturated heterocycles. The summed E-state index contributed by atoms with van der Waals surface area (Å²) in [6, 6.07) is 168. The molecule has 0 N–H and O–H groups in total. The zero-order valence-electron chi connectivity index (χ0n) is 85.5. The van der Waals surface area contributed by atoms with E-state index in [1.54, 1.807) is 0 Å². The average Bonchev–Trinajstić information content (AvgIpc) is 1.14. The maximum atomic E-state index is 6.63. The van der Waals surface area contributed by atoms with Crippen molar-refractivity contribution in [2.75, 3.05) is 19.6 Å². The van der Waals surface area contributed by atoms with Crippen LogP contribution in [0.2, 0.25) is 0 Å². The molecule has 0 fully saturated rings. The van der Waals surface area contributed by atoms with Gasteiger partial charge in [-0.15, -0.1) is 0 Å². The number of anilines is 12. The van der Waals surface area contributed by atoms with Crippen molar-refractivity contribution in [2.24, 2.45) is 0 Å². The third-order valence-electron chi connectivity index (χ3n) is 30.9. The van der Waals surface area contributed by atoms with Crippen LogP contribution >= 0.6 is 0 Å². The van der Waals surface area contributed by atoms with Crippen LogP contribution < -0.4 is 19.6 Å². The van der Waals surface area contributed by atoms with Gasteiger partial charge in [-0.1, -0.05) is 385 Å². The topological polar surface area (TPSA) is 65.5 Å². The number of hydrogen-bond donors (Lipinski definition) is 0. The normalized spacial score (nSPS) is 12.2. The maximum absolute atomic E-state index is 6.63. The van der Waals surface area contributed by atoms with Gasteiger partial charge in [0.2, 0.25) is 0 Å². The minimum atomic E-state index is -0.201. The Morgan fingerprint density at radius 1 is 0.173 bits per heavy atom. The van der Waals surface area contributed by atoms with E-state index in [2.05, 4.69) is 526 Å². The predicted octanol–water partition coefficient (Wildman–Crippen LogP) is 42.2.